The molecule has 0 saturated carbocycles. The molecule has 2 atom stereocenters. The summed E-state index contributed by atoms with van der Waals surface area (Å²) in [5.41, 5.74) is -1.35. The van der Waals surface area contributed by atoms with Crippen LogP contribution in [-0.4, -0.2) is 23.8 Å². The number of nitrogens with one attached hydrogen (secondary N) is 1. The lowest BCUT2D eigenvalue weighted by atomic mass is 9.91. The van der Waals surface area contributed by atoms with Crippen molar-refractivity contribution in [2.45, 2.75) is 57.8 Å². The molecular formula is C15H21NO4S. The maximum Gasteiger partial charge on any atom is 0.408 e. The Kier molecular flexibility index (Phi) is 4.27. The van der Waals surface area contributed by atoms with Crippen LogP contribution in [0.25, 0.3) is 0 Å². The van der Waals surface area contributed by atoms with Gasteiger partial charge in [-0.05, 0) is 45.6 Å². The SMILES string of the molecule is CC(C)(C)OC(=O)N[C@](C)(c1cccs1)[C@@H]1CCC(=O)O1. The zero-order chi connectivity index (χ0) is 15.7. The molecule has 6 heteroatoms. The molecule has 1 amide bonds. The zero-order valence-electron chi connectivity index (χ0n) is 12.8. The quantitative estimate of drug-likeness (QED) is 0.871. The largest absolute Gasteiger partial charge is 0.459 e. The van der Waals surface area contributed by atoms with Gasteiger partial charge in [-0.25, -0.2) is 4.79 Å². The van der Waals surface area contributed by atoms with Crippen LogP contribution in [0.4, 0.5) is 4.79 Å². The van der Waals surface area contributed by atoms with Crippen molar-refractivity contribution in [2.24, 2.45) is 0 Å². The van der Waals surface area contributed by atoms with E-state index in [0.717, 1.165) is 4.88 Å². The van der Waals surface area contributed by atoms with Crippen LogP contribution in [0.5, 0.6) is 0 Å². The Bertz CT molecular complexity index is 520. The molecule has 1 N–H and O–H groups in total. The van der Waals surface area contributed by atoms with Crippen molar-refractivity contribution in [3.8, 4) is 0 Å². The first-order valence-electron chi connectivity index (χ1n) is 6.95. The molecule has 2 rings (SSSR count). The van der Waals surface area contributed by atoms with Crippen molar-refractivity contribution in [3.05, 3.63) is 22.4 Å². The molecule has 2 heterocycles. The fourth-order valence-corrected chi connectivity index (χ4v) is 3.21. The Morgan fingerprint density at radius 2 is 2.14 bits per heavy atom. The minimum atomic E-state index is -0.775. The van der Waals surface area contributed by atoms with E-state index in [1.807, 2.05) is 45.2 Å². The molecule has 0 aromatic carbocycles. The van der Waals surface area contributed by atoms with E-state index in [2.05, 4.69) is 5.32 Å². The summed E-state index contributed by atoms with van der Waals surface area (Å²) >= 11 is 1.52. The van der Waals surface area contributed by atoms with Gasteiger partial charge in [0.05, 0.1) is 0 Å². The number of carbonyl (C=O) groups is 2. The van der Waals surface area contributed by atoms with E-state index in [9.17, 15) is 9.59 Å². The van der Waals surface area contributed by atoms with Gasteiger partial charge in [0, 0.05) is 11.3 Å². The van der Waals surface area contributed by atoms with Gasteiger partial charge >= 0.3 is 12.1 Å². The predicted octanol–water partition coefficient (Wildman–Crippen LogP) is 3.19. The first kappa shape index (κ1) is 15.8. The number of rotatable bonds is 3. The minimum Gasteiger partial charge on any atom is -0.459 e. The van der Waals surface area contributed by atoms with E-state index in [0.29, 0.717) is 12.8 Å². The molecule has 0 bridgehead atoms. The number of thiophene rings is 1. The summed E-state index contributed by atoms with van der Waals surface area (Å²) in [5, 5.41) is 4.82. The van der Waals surface area contributed by atoms with E-state index >= 15 is 0 Å². The molecule has 0 radical (unpaired) electrons. The highest BCUT2D eigenvalue weighted by Gasteiger charge is 2.44. The highest BCUT2D eigenvalue weighted by Crippen LogP contribution is 2.36. The maximum absolute atomic E-state index is 12.1. The van der Waals surface area contributed by atoms with E-state index in [1.54, 1.807) is 0 Å². The standard InChI is InChI=1S/C15H21NO4S/c1-14(2,3)20-13(18)16-15(4,11-6-5-9-21-11)10-7-8-12(17)19-10/h5-6,9-10H,7-8H2,1-4H3,(H,16,18)/t10-,15-/m0/s1. The lowest BCUT2D eigenvalue weighted by Gasteiger charge is -2.35. The fourth-order valence-electron chi connectivity index (χ4n) is 2.32. The van der Waals surface area contributed by atoms with Crippen molar-refractivity contribution in [1.29, 1.82) is 0 Å². The van der Waals surface area contributed by atoms with Crippen LogP contribution in [0, 0.1) is 0 Å². The Morgan fingerprint density at radius 1 is 1.43 bits per heavy atom. The van der Waals surface area contributed by atoms with Gasteiger partial charge in [0.25, 0.3) is 0 Å². The lowest BCUT2D eigenvalue weighted by Crippen LogP contribution is -2.52. The molecule has 5 nitrogen and oxygen atoms in total. The van der Waals surface area contributed by atoms with Gasteiger partial charge < -0.3 is 14.8 Å². The second-order valence-electron chi connectivity index (χ2n) is 6.32. The third-order valence-electron chi connectivity index (χ3n) is 3.32. The van der Waals surface area contributed by atoms with Crippen molar-refractivity contribution in [3.63, 3.8) is 0 Å². The molecule has 1 aromatic rings. The first-order chi connectivity index (χ1) is 9.71. The number of amides is 1. The molecule has 1 saturated heterocycles. The van der Waals surface area contributed by atoms with E-state index in [1.165, 1.54) is 11.3 Å². The van der Waals surface area contributed by atoms with Gasteiger partial charge in [-0.15, -0.1) is 11.3 Å². The third-order valence-corrected chi connectivity index (χ3v) is 4.43. The molecule has 0 aliphatic carbocycles. The Balaban J connectivity index is 2.21. The van der Waals surface area contributed by atoms with Crippen LogP contribution in [-0.2, 0) is 19.8 Å². The lowest BCUT2D eigenvalue weighted by molar-refractivity contribution is -0.144. The Hall–Kier alpha value is -1.56. The van der Waals surface area contributed by atoms with Crippen LogP contribution < -0.4 is 5.32 Å². The molecule has 0 unspecified atom stereocenters. The first-order valence-corrected chi connectivity index (χ1v) is 7.83. The number of cyclic esters (lactones) is 1. The predicted molar refractivity (Wildman–Crippen MR) is 80.2 cm³/mol. The van der Waals surface area contributed by atoms with Gasteiger partial charge in [0.15, 0.2) is 0 Å². The van der Waals surface area contributed by atoms with Gasteiger partial charge in [0.2, 0.25) is 0 Å². The summed E-state index contributed by atoms with van der Waals surface area (Å²) in [7, 11) is 0. The van der Waals surface area contributed by atoms with Crippen LogP contribution in [0.15, 0.2) is 17.5 Å². The third kappa shape index (κ3) is 3.75. The second-order valence-corrected chi connectivity index (χ2v) is 7.27. The van der Waals surface area contributed by atoms with E-state index in [4.69, 9.17) is 9.47 Å². The van der Waals surface area contributed by atoms with Crippen LogP contribution >= 0.6 is 11.3 Å². The molecular weight excluding hydrogens is 290 g/mol. The molecule has 116 valence electrons. The summed E-state index contributed by atoms with van der Waals surface area (Å²) < 4.78 is 10.7. The maximum atomic E-state index is 12.1. The van der Waals surface area contributed by atoms with E-state index < -0.39 is 17.2 Å². The number of hydrogen-bond donors (Lipinski definition) is 1. The number of ether oxygens (including phenoxy) is 2. The van der Waals surface area contributed by atoms with Crippen molar-refractivity contribution >= 4 is 23.4 Å². The summed E-state index contributed by atoms with van der Waals surface area (Å²) in [6.07, 6.45) is 0.0718. The van der Waals surface area contributed by atoms with Crippen molar-refractivity contribution in [2.75, 3.05) is 0 Å². The molecule has 0 spiro atoms. The minimum absolute atomic E-state index is 0.228. The highest BCUT2D eigenvalue weighted by molar-refractivity contribution is 7.10. The number of esters is 1. The summed E-state index contributed by atoms with van der Waals surface area (Å²) in [6, 6.07) is 3.83. The molecule has 1 aliphatic rings. The summed E-state index contributed by atoms with van der Waals surface area (Å²) in [4.78, 5) is 24.5. The van der Waals surface area contributed by atoms with Crippen LogP contribution in [0.3, 0.4) is 0 Å². The van der Waals surface area contributed by atoms with Gasteiger partial charge in [-0.1, -0.05) is 6.07 Å². The van der Waals surface area contributed by atoms with Crippen molar-refractivity contribution < 1.29 is 19.1 Å². The Labute approximate surface area is 128 Å². The van der Waals surface area contributed by atoms with Gasteiger partial charge in [-0.2, -0.15) is 0 Å². The molecule has 1 aliphatic heterocycles. The number of hydrogen-bond acceptors (Lipinski definition) is 5. The van der Waals surface area contributed by atoms with Gasteiger partial charge in [0.1, 0.15) is 17.2 Å². The average Bonchev–Trinajstić information content (AvgIpc) is 2.96. The average molecular weight is 311 g/mol. The molecule has 1 fully saturated rings. The van der Waals surface area contributed by atoms with Crippen LogP contribution in [0.2, 0.25) is 0 Å². The second kappa shape index (κ2) is 5.67. The summed E-state index contributed by atoms with van der Waals surface area (Å²) in [6.45, 7) is 7.30. The van der Waals surface area contributed by atoms with E-state index in [-0.39, 0.29) is 12.1 Å². The number of carbonyl (C=O) groups excluding carboxylic acids is 2. The summed E-state index contributed by atoms with van der Waals surface area (Å²) in [5.74, 6) is -0.228. The zero-order valence-corrected chi connectivity index (χ0v) is 13.6. The Morgan fingerprint density at radius 3 is 2.62 bits per heavy atom. The van der Waals surface area contributed by atoms with Gasteiger partial charge in [-0.3, -0.25) is 4.79 Å². The van der Waals surface area contributed by atoms with Crippen LogP contribution in [0.1, 0.15) is 45.4 Å². The molecule has 1 aromatic heterocycles. The number of alkyl carbamates (subject to hydrolysis) is 1. The fraction of sp³-hybridized carbons (Fsp3) is 0.600. The smallest absolute Gasteiger partial charge is 0.408 e. The highest BCUT2D eigenvalue weighted by atomic mass is 32.1. The topological polar surface area (TPSA) is 64.6 Å². The van der Waals surface area contributed by atoms with Crippen molar-refractivity contribution in [1.82, 2.24) is 5.32 Å². The monoisotopic (exact) mass is 311 g/mol. The molecule has 21 heavy (non-hydrogen) atoms. The normalized spacial score (nSPS) is 21.5.